The number of aliphatic hydroxyl groups excluding tert-OH is 1. The predicted octanol–water partition coefficient (Wildman–Crippen LogP) is 2.43. The predicted molar refractivity (Wildman–Crippen MR) is 79.6 cm³/mol. The van der Waals surface area contributed by atoms with Crippen molar-refractivity contribution in [1.29, 1.82) is 0 Å². The fraction of sp³-hybridized carbons (Fsp3) is 0.600. The number of aliphatic hydroxyl groups is 1. The largest absolute Gasteiger partial charge is 0.486 e. The number of hydrogen-bond acceptors (Lipinski definition) is 4. The summed E-state index contributed by atoms with van der Waals surface area (Å²) in [4.78, 5) is 0. The second-order valence-electron chi connectivity index (χ2n) is 5.46. The summed E-state index contributed by atoms with van der Waals surface area (Å²) in [5.74, 6) is 1.83. The number of nitrogens with two attached hydrogens (primary N) is 1. The zero-order chi connectivity index (χ0) is 13.2. The van der Waals surface area contributed by atoms with Crippen molar-refractivity contribution in [2.24, 2.45) is 11.7 Å². The first kappa shape index (κ1) is 15.4. The van der Waals surface area contributed by atoms with Crippen LogP contribution in [0.2, 0.25) is 0 Å². The summed E-state index contributed by atoms with van der Waals surface area (Å²) in [6.07, 6.45) is 4.11. The van der Waals surface area contributed by atoms with Crippen molar-refractivity contribution in [2.75, 3.05) is 13.2 Å². The standard InChI is InChI=1S/C15H21NO3.ClH/c16-14(15(17)10-3-1-2-4-10)11-5-6-12-13(9-11)19-8-7-18-12;/h5-6,9-10,14-15,17H,1-4,7-8,16H2;1H/t14-,15+;/m1./s1. The molecular formula is C15H22ClNO3. The van der Waals surface area contributed by atoms with Crippen LogP contribution >= 0.6 is 12.4 Å². The Balaban J connectivity index is 0.00000147. The summed E-state index contributed by atoms with van der Waals surface area (Å²) in [6, 6.07) is 5.36. The highest BCUT2D eigenvalue weighted by molar-refractivity contribution is 5.85. The van der Waals surface area contributed by atoms with Crippen LogP contribution in [0.5, 0.6) is 11.5 Å². The van der Waals surface area contributed by atoms with E-state index in [-0.39, 0.29) is 18.4 Å². The Kier molecular flexibility index (Phi) is 5.13. The zero-order valence-electron chi connectivity index (χ0n) is 11.5. The van der Waals surface area contributed by atoms with Crippen LogP contribution in [0.3, 0.4) is 0 Å². The van der Waals surface area contributed by atoms with Gasteiger partial charge < -0.3 is 20.3 Å². The third-order valence-electron chi connectivity index (χ3n) is 4.20. The van der Waals surface area contributed by atoms with E-state index in [0.29, 0.717) is 19.1 Å². The number of ether oxygens (including phenoxy) is 2. The van der Waals surface area contributed by atoms with Crippen LogP contribution in [0.25, 0.3) is 0 Å². The topological polar surface area (TPSA) is 64.7 Å². The highest BCUT2D eigenvalue weighted by Gasteiger charge is 2.29. The van der Waals surface area contributed by atoms with Gasteiger partial charge in [0.1, 0.15) is 13.2 Å². The number of benzene rings is 1. The average Bonchev–Trinajstić information content (AvgIpc) is 2.99. The molecule has 0 amide bonds. The van der Waals surface area contributed by atoms with Gasteiger partial charge in [0, 0.05) is 0 Å². The highest BCUT2D eigenvalue weighted by atomic mass is 35.5. The van der Waals surface area contributed by atoms with Gasteiger partial charge in [0.2, 0.25) is 0 Å². The molecule has 3 N–H and O–H groups in total. The summed E-state index contributed by atoms with van der Waals surface area (Å²) in [7, 11) is 0. The van der Waals surface area contributed by atoms with Gasteiger partial charge in [0.05, 0.1) is 12.1 Å². The van der Waals surface area contributed by atoms with E-state index in [2.05, 4.69) is 0 Å². The summed E-state index contributed by atoms with van der Waals surface area (Å²) in [6.45, 7) is 1.15. The van der Waals surface area contributed by atoms with Crippen molar-refractivity contribution in [3.63, 3.8) is 0 Å². The Morgan fingerprint density at radius 3 is 2.45 bits per heavy atom. The van der Waals surface area contributed by atoms with Gasteiger partial charge in [0.15, 0.2) is 11.5 Å². The second-order valence-corrected chi connectivity index (χ2v) is 5.46. The average molecular weight is 300 g/mol. The lowest BCUT2D eigenvalue weighted by Crippen LogP contribution is -2.32. The van der Waals surface area contributed by atoms with Crippen molar-refractivity contribution in [3.05, 3.63) is 23.8 Å². The number of rotatable bonds is 3. The Hall–Kier alpha value is -0.970. The molecule has 0 saturated heterocycles. The van der Waals surface area contributed by atoms with Gasteiger partial charge in [-0.1, -0.05) is 18.9 Å². The minimum absolute atomic E-state index is 0. The first-order chi connectivity index (χ1) is 9.25. The van der Waals surface area contributed by atoms with E-state index >= 15 is 0 Å². The van der Waals surface area contributed by atoms with Gasteiger partial charge in [-0.3, -0.25) is 0 Å². The summed E-state index contributed by atoms with van der Waals surface area (Å²) in [5, 5.41) is 10.4. The molecule has 3 rings (SSSR count). The van der Waals surface area contributed by atoms with Gasteiger partial charge in [-0.15, -0.1) is 12.4 Å². The van der Waals surface area contributed by atoms with E-state index in [1.807, 2.05) is 18.2 Å². The van der Waals surface area contributed by atoms with Crippen LogP contribution in [0.15, 0.2) is 18.2 Å². The molecule has 1 aromatic rings. The van der Waals surface area contributed by atoms with Crippen molar-refractivity contribution < 1.29 is 14.6 Å². The van der Waals surface area contributed by atoms with Crippen LogP contribution in [0.4, 0.5) is 0 Å². The van der Waals surface area contributed by atoms with E-state index < -0.39 is 6.10 Å². The molecule has 0 aromatic heterocycles. The van der Waals surface area contributed by atoms with E-state index in [1.165, 1.54) is 12.8 Å². The summed E-state index contributed by atoms with van der Waals surface area (Å²) in [5.41, 5.74) is 7.13. The van der Waals surface area contributed by atoms with Crippen LogP contribution in [0, 0.1) is 5.92 Å². The Morgan fingerprint density at radius 1 is 1.10 bits per heavy atom. The fourth-order valence-electron chi connectivity index (χ4n) is 3.06. The normalized spacial score (nSPS) is 21.1. The van der Waals surface area contributed by atoms with Gasteiger partial charge in [-0.05, 0) is 36.5 Å². The van der Waals surface area contributed by atoms with Crippen molar-refractivity contribution in [1.82, 2.24) is 0 Å². The molecule has 1 aliphatic carbocycles. The lowest BCUT2D eigenvalue weighted by molar-refractivity contribution is 0.0842. The lowest BCUT2D eigenvalue weighted by Gasteiger charge is -2.26. The maximum Gasteiger partial charge on any atom is 0.161 e. The maximum atomic E-state index is 10.4. The van der Waals surface area contributed by atoms with Crippen LogP contribution < -0.4 is 15.2 Å². The molecule has 0 spiro atoms. The Bertz CT molecular complexity index is 449. The molecule has 0 unspecified atom stereocenters. The molecule has 20 heavy (non-hydrogen) atoms. The molecule has 112 valence electrons. The Labute approximate surface area is 125 Å². The van der Waals surface area contributed by atoms with Crippen molar-refractivity contribution in [2.45, 2.75) is 37.8 Å². The van der Waals surface area contributed by atoms with Crippen LogP contribution in [-0.2, 0) is 0 Å². The zero-order valence-corrected chi connectivity index (χ0v) is 12.3. The first-order valence-electron chi connectivity index (χ1n) is 7.09. The minimum atomic E-state index is -0.468. The molecule has 0 bridgehead atoms. The fourth-order valence-corrected chi connectivity index (χ4v) is 3.06. The van der Waals surface area contributed by atoms with E-state index in [9.17, 15) is 5.11 Å². The van der Waals surface area contributed by atoms with E-state index in [1.54, 1.807) is 0 Å². The summed E-state index contributed by atoms with van der Waals surface area (Å²) < 4.78 is 11.0. The van der Waals surface area contributed by atoms with Gasteiger partial charge in [-0.2, -0.15) is 0 Å². The SMILES string of the molecule is Cl.N[C@H](c1ccc2c(c1)OCCO2)[C@@H](O)C1CCCC1. The number of fused-ring (bicyclic) bond motifs is 1. The molecule has 1 heterocycles. The molecule has 2 aliphatic rings. The quantitative estimate of drug-likeness (QED) is 0.900. The molecule has 1 aromatic carbocycles. The molecule has 2 atom stereocenters. The van der Waals surface area contributed by atoms with Crippen molar-refractivity contribution >= 4 is 12.4 Å². The Morgan fingerprint density at radius 2 is 1.75 bits per heavy atom. The molecule has 0 radical (unpaired) electrons. The lowest BCUT2D eigenvalue weighted by atomic mass is 9.91. The molecule has 5 heteroatoms. The third-order valence-corrected chi connectivity index (χ3v) is 4.20. The molecule has 1 fully saturated rings. The molecular weight excluding hydrogens is 278 g/mol. The second kappa shape index (κ2) is 6.66. The monoisotopic (exact) mass is 299 g/mol. The van der Waals surface area contributed by atoms with Crippen LogP contribution in [-0.4, -0.2) is 24.4 Å². The van der Waals surface area contributed by atoms with Crippen molar-refractivity contribution in [3.8, 4) is 11.5 Å². The maximum absolute atomic E-state index is 10.4. The highest BCUT2D eigenvalue weighted by Crippen LogP contribution is 2.36. The molecule has 1 aliphatic heterocycles. The van der Waals surface area contributed by atoms with E-state index in [4.69, 9.17) is 15.2 Å². The molecule has 4 nitrogen and oxygen atoms in total. The van der Waals surface area contributed by atoms with E-state index in [0.717, 1.165) is 29.9 Å². The smallest absolute Gasteiger partial charge is 0.161 e. The first-order valence-corrected chi connectivity index (χ1v) is 7.09. The number of hydrogen-bond donors (Lipinski definition) is 2. The number of halogens is 1. The minimum Gasteiger partial charge on any atom is -0.486 e. The van der Waals surface area contributed by atoms with Gasteiger partial charge in [0.25, 0.3) is 0 Å². The van der Waals surface area contributed by atoms with Crippen LogP contribution in [0.1, 0.15) is 37.3 Å². The third kappa shape index (κ3) is 3.03. The van der Waals surface area contributed by atoms with Gasteiger partial charge in [-0.25, -0.2) is 0 Å². The van der Waals surface area contributed by atoms with Gasteiger partial charge >= 0.3 is 0 Å². The summed E-state index contributed by atoms with van der Waals surface area (Å²) >= 11 is 0. The molecule has 1 saturated carbocycles.